The average molecular weight is 338 g/mol. The van der Waals surface area contributed by atoms with Gasteiger partial charge in [0.05, 0.1) is 0 Å². The van der Waals surface area contributed by atoms with Crippen molar-refractivity contribution in [1.29, 1.82) is 0 Å². The van der Waals surface area contributed by atoms with Gasteiger partial charge in [-0.15, -0.1) is 0 Å². The number of hydrogen-bond donors (Lipinski definition) is 1. The molecule has 2 aliphatic rings. The molecule has 114 valence electrons. The second kappa shape index (κ2) is 4.59. The molecule has 1 atom stereocenters. The van der Waals surface area contributed by atoms with E-state index in [4.69, 9.17) is 24.8 Å². The number of fused-ring (bicyclic) bond motifs is 1. The van der Waals surface area contributed by atoms with E-state index in [0.29, 0.717) is 17.9 Å². The Kier molecular flexibility index (Phi) is 2.89. The van der Waals surface area contributed by atoms with Crippen molar-refractivity contribution in [3.63, 3.8) is 0 Å². The Bertz CT molecular complexity index is 729. The van der Waals surface area contributed by atoms with Crippen molar-refractivity contribution in [3.8, 4) is 11.5 Å². The Morgan fingerprint density at radius 2 is 1.55 bits per heavy atom. The Balaban J connectivity index is 1.60. The molecule has 22 heavy (non-hydrogen) atoms. The zero-order chi connectivity index (χ0) is 15.2. The summed E-state index contributed by atoms with van der Waals surface area (Å²) in [4.78, 5) is 12.2. The summed E-state index contributed by atoms with van der Waals surface area (Å²) >= 11 is 6.51. The molecule has 2 aromatic rings. The summed E-state index contributed by atoms with van der Waals surface area (Å²) in [5.41, 5.74) is 0.998. The Labute approximate surface area is 132 Å². The van der Waals surface area contributed by atoms with Crippen molar-refractivity contribution in [2.24, 2.45) is 0 Å². The number of benzene rings is 2. The van der Waals surface area contributed by atoms with Crippen LogP contribution in [0.5, 0.6) is 11.5 Å². The third kappa shape index (κ3) is 2.22. The van der Waals surface area contributed by atoms with Gasteiger partial charge in [-0.25, -0.2) is 0 Å². The maximum atomic E-state index is 12.2. The molecule has 4 rings (SSSR count). The van der Waals surface area contributed by atoms with Crippen molar-refractivity contribution in [3.05, 3.63) is 60.2 Å². The van der Waals surface area contributed by atoms with Gasteiger partial charge in [0.1, 0.15) is 0 Å². The SMILES string of the molecule is O=C1OP2(Cl)(N[C@H]1Cc1ccccc1)Oc1ccccc1O2. The number of nitrogens with one attached hydrogen (secondary N) is 1. The monoisotopic (exact) mass is 337 g/mol. The molecule has 0 saturated carbocycles. The third-order valence-electron chi connectivity index (χ3n) is 3.53. The van der Waals surface area contributed by atoms with Crippen LogP contribution in [0.4, 0.5) is 0 Å². The zero-order valence-corrected chi connectivity index (χ0v) is 13.1. The molecule has 0 aromatic heterocycles. The summed E-state index contributed by atoms with van der Waals surface area (Å²) in [6.07, 6.45) is 0.452. The molecule has 0 aliphatic carbocycles. The number of carbonyl (C=O) groups is 1. The second-order valence-electron chi connectivity index (χ2n) is 5.20. The number of carbonyl (C=O) groups excluding carboxylic acids is 1. The van der Waals surface area contributed by atoms with Gasteiger partial charge in [-0.2, -0.15) is 0 Å². The van der Waals surface area contributed by atoms with Crippen LogP contribution in [0.15, 0.2) is 54.6 Å². The molecule has 0 radical (unpaired) electrons. The van der Waals surface area contributed by atoms with Gasteiger partial charge in [0.2, 0.25) is 0 Å². The van der Waals surface area contributed by atoms with Crippen LogP contribution in [0.3, 0.4) is 0 Å². The van der Waals surface area contributed by atoms with Crippen LogP contribution in [0.1, 0.15) is 5.56 Å². The predicted molar refractivity (Wildman–Crippen MR) is 83.6 cm³/mol. The van der Waals surface area contributed by atoms with Gasteiger partial charge >= 0.3 is 132 Å². The van der Waals surface area contributed by atoms with Gasteiger partial charge in [-0.05, 0) is 0 Å². The first-order valence-electron chi connectivity index (χ1n) is 6.83. The Morgan fingerprint density at radius 1 is 0.955 bits per heavy atom. The van der Waals surface area contributed by atoms with Gasteiger partial charge in [-0.3, -0.25) is 0 Å². The van der Waals surface area contributed by atoms with Crippen LogP contribution in [0, 0.1) is 0 Å². The van der Waals surface area contributed by atoms with Gasteiger partial charge in [0.25, 0.3) is 0 Å². The molecule has 0 amide bonds. The summed E-state index contributed by atoms with van der Waals surface area (Å²) in [5.74, 6) is 0.469. The molecule has 0 bridgehead atoms. The van der Waals surface area contributed by atoms with E-state index in [2.05, 4.69) is 5.09 Å². The molecule has 7 heteroatoms. The van der Waals surface area contributed by atoms with Crippen molar-refractivity contribution in [2.45, 2.75) is 12.5 Å². The number of rotatable bonds is 2. The van der Waals surface area contributed by atoms with Crippen LogP contribution in [-0.4, -0.2) is 12.0 Å². The van der Waals surface area contributed by atoms with Crippen LogP contribution < -0.4 is 14.1 Å². The van der Waals surface area contributed by atoms with Crippen LogP contribution in [0.2, 0.25) is 0 Å². The van der Waals surface area contributed by atoms with Crippen molar-refractivity contribution in [1.82, 2.24) is 5.09 Å². The third-order valence-corrected chi connectivity index (χ3v) is 6.67. The van der Waals surface area contributed by atoms with E-state index in [9.17, 15) is 4.79 Å². The number of para-hydroxylation sites is 2. The normalized spacial score (nSPS) is 25.4. The topological polar surface area (TPSA) is 56.8 Å². The quantitative estimate of drug-likeness (QED) is 0.849. The summed E-state index contributed by atoms with van der Waals surface area (Å²) in [5, 5.41) is 2.97. The van der Waals surface area contributed by atoms with E-state index in [1.807, 2.05) is 30.3 Å². The second-order valence-corrected chi connectivity index (χ2v) is 9.33. The summed E-state index contributed by atoms with van der Waals surface area (Å²) in [7, 11) is 0. The molecule has 1 fully saturated rings. The van der Waals surface area contributed by atoms with E-state index < -0.39 is 18.8 Å². The predicted octanol–water partition coefficient (Wildman–Crippen LogP) is 3.58. The van der Waals surface area contributed by atoms with Gasteiger partial charge in [0, 0.05) is 0 Å². The van der Waals surface area contributed by atoms with Gasteiger partial charge in [-0.1, -0.05) is 0 Å². The van der Waals surface area contributed by atoms with E-state index in [-0.39, 0.29) is 0 Å². The molecule has 2 aromatic carbocycles. The van der Waals surface area contributed by atoms with Crippen LogP contribution in [0.25, 0.3) is 0 Å². The average Bonchev–Trinajstić information content (AvgIpc) is 2.92. The zero-order valence-electron chi connectivity index (χ0n) is 11.4. The fourth-order valence-electron chi connectivity index (χ4n) is 2.57. The van der Waals surface area contributed by atoms with Gasteiger partial charge < -0.3 is 0 Å². The standard InChI is InChI=1S/C15H13ClNO4P/c16-22(19-13-8-4-5-9-14(13)20-22)17-12(15(18)21-22)10-11-6-2-1-3-7-11/h1-9,12,17H,10H2/t12-/m0/s1. The molecule has 5 nitrogen and oxygen atoms in total. The fraction of sp³-hybridized carbons (Fsp3) is 0.133. The molecule has 2 heterocycles. The Hall–Kier alpha value is -1.81. The first-order chi connectivity index (χ1) is 10.5. The van der Waals surface area contributed by atoms with E-state index in [0.717, 1.165) is 5.56 Å². The maximum absolute atomic E-state index is 12.2. The molecule has 1 saturated heterocycles. The minimum atomic E-state index is -4.17. The van der Waals surface area contributed by atoms with Crippen molar-refractivity contribution < 1.29 is 18.4 Å². The molecule has 1 N–H and O–H groups in total. The molecular formula is C15H13ClNO4P. The van der Waals surface area contributed by atoms with E-state index in [1.54, 1.807) is 24.3 Å². The summed E-state index contributed by atoms with van der Waals surface area (Å²) < 4.78 is 16.8. The molecular weight excluding hydrogens is 325 g/mol. The summed E-state index contributed by atoms with van der Waals surface area (Å²) in [6, 6.07) is 16.1. The van der Waals surface area contributed by atoms with Crippen molar-refractivity contribution >= 4 is 24.0 Å². The van der Waals surface area contributed by atoms with Crippen molar-refractivity contribution in [2.75, 3.05) is 0 Å². The fourth-order valence-corrected chi connectivity index (χ4v) is 5.94. The first kappa shape index (κ1) is 13.8. The van der Waals surface area contributed by atoms with Crippen LogP contribution in [-0.2, 0) is 15.7 Å². The molecule has 2 aliphatic heterocycles. The first-order valence-corrected chi connectivity index (χ1v) is 9.73. The number of halogens is 1. The molecule has 0 unspecified atom stereocenters. The molecule has 1 spiro atoms. The minimum absolute atomic E-state index is 0.452. The Morgan fingerprint density at radius 3 is 2.18 bits per heavy atom. The van der Waals surface area contributed by atoms with Gasteiger partial charge in [0.15, 0.2) is 0 Å². The van der Waals surface area contributed by atoms with E-state index in [1.165, 1.54) is 0 Å². The number of hydrogen-bond acceptors (Lipinski definition) is 5. The summed E-state index contributed by atoms with van der Waals surface area (Å²) in [6.45, 7) is -4.17. The van der Waals surface area contributed by atoms with E-state index >= 15 is 0 Å². The van der Waals surface area contributed by atoms with Crippen LogP contribution >= 0.6 is 18.0 Å².